The number of benzene rings is 8. The normalized spacial score (nSPS) is 12.3. The molecule has 0 fully saturated rings. The van der Waals surface area contributed by atoms with Gasteiger partial charge in [0.2, 0.25) is 0 Å². The minimum absolute atomic E-state index is 1.26. The molecule has 0 atom stereocenters. The lowest BCUT2D eigenvalue weighted by molar-refractivity contribution is 1.51. The summed E-state index contributed by atoms with van der Waals surface area (Å²) in [5.41, 5.74) is 5.13. The van der Waals surface area contributed by atoms with Crippen LogP contribution in [0.2, 0.25) is 0 Å². The van der Waals surface area contributed by atoms with Crippen LogP contribution >= 0.6 is 22.7 Å². The molecule has 0 saturated carbocycles. The second-order valence-electron chi connectivity index (χ2n) is 12.4. The van der Waals surface area contributed by atoms with E-state index in [0.29, 0.717) is 0 Å². The van der Waals surface area contributed by atoms with Crippen LogP contribution < -0.4 is 0 Å². The molecule has 2 heterocycles. The van der Waals surface area contributed by atoms with E-state index < -0.39 is 0 Å². The Bertz CT molecular complexity index is 2650. The molecule has 0 aliphatic carbocycles. The summed E-state index contributed by atoms with van der Waals surface area (Å²) < 4.78 is 5.43. The fourth-order valence-electron chi connectivity index (χ4n) is 7.12. The number of fused-ring (bicyclic) bond motifs is 10. The first kappa shape index (κ1) is 24.7. The van der Waals surface area contributed by atoms with Crippen LogP contribution in [-0.2, 0) is 0 Å². The minimum atomic E-state index is 1.26. The Morgan fingerprint density at radius 3 is 1.05 bits per heavy atom. The Morgan fingerprint density at radius 2 is 0.614 bits per heavy atom. The second kappa shape index (κ2) is 8.89. The minimum Gasteiger partial charge on any atom is -0.135 e. The van der Waals surface area contributed by atoms with E-state index in [4.69, 9.17) is 0 Å². The van der Waals surface area contributed by atoms with Crippen LogP contribution in [0.15, 0.2) is 121 Å². The van der Waals surface area contributed by atoms with Gasteiger partial charge in [-0.05, 0) is 129 Å². The van der Waals surface area contributed by atoms with Crippen molar-refractivity contribution >= 4 is 106 Å². The molecule has 0 aliphatic rings. The summed E-state index contributed by atoms with van der Waals surface area (Å²) in [5, 5.41) is 15.9. The van der Waals surface area contributed by atoms with E-state index in [1.165, 1.54) is 106 Å². The molecule has 2 aromatic heterocycles. The number of hydrogen-bond acceptors (Lipinski definition) is 2. The van der Waals surface area contributed by atoms with E-state index in [1.54, 1.807) is 0 Å². The van der Waals surface area contributed by atoms with E-state index in [-0.39, 0.29) is 0 Å². The van der Waals surface area contributed by atoms with Gasteiger partial charge in [0.1, 0.15) is 0 Å². The summed E-state index contributed by atoms with van der Waals surface area (Å²) >= 11 is 3.81. The molecule has 206 valence electrons. The molecular formula is C42H26S2. The van der Waals surface area contributed by atoms with E-state index in [2.05, 4.69) is 135 Å². The summed E-state index contributed by atoms with van der Waals surface area (Å²) in [4.78, 5) is 0. The standard InChI is InChI=1S/C42H26S2/c1-23-3-5-27-15-35-37-17-33-13-25(7-9-29(33)19-39(37)43-41(35)21-31(27)11-23)26-8-10-30-20-40-38(18-34(30)14-26)36-16-28-6-4-24(2)12-32(28)22-42(36)44-40/h3-22H,1-2H3. The molecular weight excluding hydrogens is 569 g/mol. The van der Waals surface area contributed by atoms with Gasteiger partial charge in [-0.25, -0.2) is 0 Å². The van der Waals surface area contributed by atoms with Gasteiger partial charge in [-0.1, -0.05) is 71.8 Å². The number of aryl methyl sites for hydroxylation is 2. The molecule has 10 aromatic rings. The lowest BCUT2D eigenvalue weighted by Gasteiger charge is -2.07. The highest BCUT2D eigenvalue weighted by Gasteiger charge is 2.12. The highest BCUT2D eigenvalue weighted by Crippen LogP contribution is 2.41. The molecule has 10 rings (SSSR count). The van der Waals surface area contributed by atoms with Gasteiger partial charge in [0.25, 0.3) is 0 Å². The van der Waals surface area contributed by atoms with Crippen LogP contribution in [0.5, 0.6) is 0 Å². The molecule has 8 aromatic carbocycles. The third kappa shape index (κ3) is 3.68. The van der Waals surface area contributed by atoms with Gasteiger partial charge >= 0.3 is 0 Å². The van der Waals surface area contributed by atoms with Crippen molar-refractivity contribution in [2.24, 2.45) is 0 Å². The van der Waals surface area contributed by atoms with Crippen molar-refractivity contribution in [3.05, 3.63) is 132 Å². The second-order valence-corrected chi connectivity index (χ2v) is 14.6. The van der Waals surface area contributed by atoms with Crippen LogP contribution in [-0.4, -0.2) is 0 Å². The van der Waals surface area contributed by atoms with Crippen LogP contribution in [0.3, 0.4) is 0 Å². The molecule has 0 unspecified atom stereocenters. The van der Waals surface area contributed by atoms with Crippen molar-refractivity contribution in [2.45, 2.75) is 13.8 Å². The Morgan fingerprint density at radius 1 is 0.295 bits per heavy atom. The number of rotatable bonds is 1. The maximum atomic E-state index is 2.40. The quantitative estimate of drug-likeness (QED) is 0.177. The topological polar surface area (TPSA) is 0 Å². The van der Waals surface area contributed by atoms with Gasteiger partial charge in [-0.2, -0.15) is 0 Å². The maximum absolute atomic E-state index is 2.40. The zero-order chi connectivity index (χ0) is 29.1. The highest BCUT2D eigenvalue weighted by atomic mass is 32.1. The zero-order valence-electron chi connectivity index (χ0n) is 24.4. The summed E-state index contributed by atoms with van der Waals surface area (Å²) in [6, 6.07) is 46.4. The van der Waals surface area contributed by atoms with Crippen molar-refractivity contribution in [1.82, 2.24) is 0 Å². The van der Waals surface area contributed by atoms with Crippen molar-refractivity contribution in [1.29, 1.82) is 0 Å². The van der Waals surface area contributed by atoms with Crippen molar-refractivity contribution in [3.63, 3.8) is 0 Å². The first-order chi connectivity index (χ1) is 21.5. The SMILES string of the molecule is Cc1ccc2cc3c(cc2c1)sc1cc2ccc(-c4ccc5cc6sc7cc8cc(C)ccc8cc7c6cc5c4)cc2cc13. The molecule has 0 nitrogen and oxygen atoms in total. The predicted octanol–water partition coefficient (Wildman–Crippen LogP) is 13.3. The summed E-state index contributed by atoms with van der Waals surface area (Å²) in [6.45, 7) is 4.34. The number of thiophene rings is 2. The van der Waals surface area contributed by atoms with Gasteiger partial charge < -0.3 is 0 Å². The average molecular weight is 595 g/mol. The molecule has 44 heavy (non-hydrogen) atoms. The van der Waals surface area contributed by atoms with E-state index in [9.17, 15) is 0 Å². The first-order valence-electron chi connectivity index (χ1n) is 15.1. The predicted molar refractivity (Wildman–Crippen MR) is 197 cm³/mol. The molecule has 0 bridgehead atoms. The highest BCUT2D eigenvalue weighted by molar-refractivity contribution is 7.26. The molecule has 0 N–H and O–H groups in total. The van der Waals surface area contributed by atoms with Gasteiger partial charge in [0.05, 0.1) is 0 Å². The van der Waals surface area contributed by atoms with Crippen LogP contribution in [0, 0.1) is 13.8 Å². The van der Waals surface area contributed by atoms with Gasteiger partial charge in [-0.15, -0.1) is 22.7 Å². The Hall–Kier alpha value is -4.76. The van der Waals surface area contributed by atoms with E-state index in [1.807, 2.05) is 22.7 Å². The third-order valence-corrected chi connectivity index (χ3v) is 11.6. The molecule has 0 aliphatic heterocycles. The van der Waals surface area contributed by atoms with Gasteiger partial charge in [-0.3, -0.25) is 0 Å². The molecule has 0 spiro atoms. The van der Waals surface area contributed by atoms with E-state index >= 15 is 0 Å². The van der Waals surface area contributed by atoms with Crippen LogP contribution in [0.25, 0.3) is 94.6 Å². The molecule has 2 heteroatoms. The Balaban J connectivity index is 1.12. The fourth-order valence-corrected chi connectivity index (χ4v) is 9.45. The number of hydrogen-bond donors (Lipinski definition) is 0. The maximum Gasteiger partial charge on any atom is 0.0361 e. The van der Waals surface area contributed by atoms with Gasteiger partial charge in [0, 0.05) is 40.3 Å². The van der Waals surface area contributed by atoms with Crippen molar-refractivity contribution < 1.29 is 0 Å². The fraction of sp³-hybridized carbons (Fsp3) is 0.0476. The Kier molecular flexibility index (Phi) is 4.98. The lowest BCUT2D eigenvalue weighted by atomic mass is 9.96. The van der Waals surface area contributed by atoms with E-state index in [0.717, 1.165) is 0 Å². The lowest BCUT2D eigenvalue weighted by Crippen LogP contribution is -1.81. The molecule has 0 amide bonds. The van der Waals surface area contributed by atoms with Crippen LogP contribution in [0.1, 0.15) is 11.1 Å². The van der Waals surface area contributed by atoms with Crippen molar-refractivity contribution in [2.75, 3.05) is 0 Å². The summed E-state index contributed by atoms with van der Waals surface area (Å²) in [5.74, 6) is 0. The summed E-state index contributed by atoms with van der Waals surface area (Å²) in [7, 11) is 0. The zero-order valence-corrected chi connectivity index (χ0v) is 26.0. The monoisotopic (exact) mass is 594 g/mol. The van der Waals surface area contributed by atoms with Crippen molar-refractivity contribution in [3.8, 4) is 11.1 Å². The third-order valence-electron chi connectivity index (χ3n) is 9.42. The Labute approximate surface area is 262 Å². The first-order valence-corrected chi connectivity index (χ1v) is 16.8. The van der Waals surface area contributed by atoms with Gasteiger partial charge in [0.15, 0.2) is 0 Å². The largest absolute Gasteiger partial charge is 0.135 e. The van der Waals surface area contributed by atoms with Crippen LogP contribution in [0.4, 0.5) is 0 Å². The summed E-state index contributed by atoms with van der Waals surface area (Å²) in [6.07, 6.45) is 0. The molecule has 0 radical (unpaired) electrons. The average Bonchev–Trinajstić information content (AvgIpc) is 3.55. The smallest absolute Gasteiger partial charge is 0.0361 e. The molecule has 0 saturated heterocycles.